The number of carbonyl (C=O) groups excluding carboxylic acids is 1. The molecule has 152 valence electrons. The van der Waals surface area contributed by atoms with Gasteiger partial charge in [-0.2, -0.15) is 0 Å². The summed E-state index contributed by atoms with van der Waals surface area (Å²) in [5.74, 6) is 0.825. The van der Waals surface area contributed by atoms with E-state index in [4.69, 9.17) is 4.74 Å². The molecular weight excluding hydrogens is 384 g/mol. The number of hydrogen-bond acceptors (Lipinski definition) is 6. The monoisotopic (exact) mass is 410 g/mol. The standard InChI is InChI=1S/C22H26N4O2S/c1-3-26(13-16-8-5-4-6-9-16)22(27)19-15(2)18-20(24-14-25-21(18)29-19)23-12-17-10-7-11-28-17/h4-6,8-9,14,17H,3,7,10-13H2,1-2H3,(H,23,24,25)/t17-/m0/s1. The number of nitrogens with one attached hydrogen (secondary N) is 1. The second-order valence-corrected chi connectivity index (χ2v) is 8.28. The Hall–Kier alpha value is -2.51. The number of anilines is 1. The lowest BCUT2D eigenvalue weighted by atomic mass is 10.1. The normalized spacial score (nSPS) is 16.3. The Kier molecular flexibility index (Phi) is 6.06. The van der Waals surface area contributed by atoms with E-state index >= 15 is 0 Å². The predicted molar refractivity (Wildman–Crippen MR) is 116 cm³/mol. The van der Waals surface area contributed by atoms with Gasteiger partial charge in [-0.25, -0.2) is 9.97 Å². The highest BCUT2D eigenvalue weighted by Gasteiger charge is 2.24. The summed E-state index contributed by atoms with van der Waals surface area (Å²) in [6.45, 7) is 6.80. The largest absolute Gasteiger partial charge is 0.376 e. The Labute approximate surface area is 174 Å². The van der Waals surface area contributed by atoms with E-state index in [9.17, 15) is 4.79 Å². The van der Waals surface area contributed by atoms with Crippen molar-refractivity contribution < 1.29 is 9.53 Å². The second kappa shape index (κ2) is 8.88. The molecular formula is C22H26N4O2S. The highest BCUT2D eigenvalue weighted by atomic mass is 32.1. The number of aromatic nitrogens is 2. The molecule has 2 aromatic heterocycles. The van der Waals surface area contributed by atoms with Crippen LogP contribution in [0.25, 0.3) is 10.2 Å². The van der Waals surface area contributed by atoms with Crippen molar-refractivity contribution in [2.45, 2.75) is 39.3 Å². The molecule has 1 amide bonds. The van der Waals surface area contributed by atoms with E-state index in [2.05, 4.69) is 15.3 Å². The lowest BCUT2D eigenvalue weighted by molar-refractivity contribution is 0.0757. The number of ether oxygens (including phenoxy) is 1. The third-order valence-corrected chi connectivity index (χ3v) is 6.52. The molecule has 0 spiro atoms. The summed E-state index contributed by atoms with van der Waals surface area (Å²) < 4.78 is 5.70. The summed E-state index contributed by atoms with van der Waals surface area (Å²) in [5.41, 5.74) is 2.07. The van der Waals surface area contributed by atoms with E-state index in [1.165, 1.54) is 11.3 Å². The highest BCUT2D eigenvalue weighted by Crippen LogP contribution is 2.34. The van der Waals surface area contributed by atoms with Gasteiger partial charge < -0.3 is 15.0 Å². The smallest absolute Gasteiger partial charge is 0.264 e. The zero-order chi connectivity index (χ0) is 20.2. The number of hydrogen-bond donors (Lipinski definition) is 1. The van der Waals surface area contributed by atoms with E-state index < -0.39 is 0 Å². The number of thiophene rings is 1. The predicted octanol–water partition coefficient (Wildman–Crippen LogP) is 4.25. The number of benzene rings is 1. The first-order valence-corrected chi connectivity index (χ1v) is 10.9. The highest BCUT2D eigenvalue weighted by molar-refractivity contribution is 7.20. The molecule has 1 N–H and O–H groups in total. The minimum Gasteiger partial charge on any atom is -0.376 e. The first-order valence-electron chi connectivity index (χ1n) is 10.1. The number of rotatable bonds is 7. The summed E-state index contributed by atoms with van der Waals surface area (Å²) in [6, 6.07) is 10.1. The summed E-state index contributed by atoms with van der Waals surface area (Å²) in [6.07, 6.45) is 3.96. The summed E-state index contributed by atoms with van der Waals surface area (Å²) >= 11 is 1.44. The van der Waals surface area contributed by atoms with Crippen LogP contribution >= 0.6 is 11.3 Å². The first kappa shape index (κ1) is 19.8. The average Bonchev–Trinajstić information content (AvgIpc) is 3.39. The molecule has 0 radical (unpaired) electrons. The SMILES string of the molecule is CCN(Cc1ccccc1)C(=O)c1sc2ncnc(NC[C@@H]3CCCO3)c2c1C. The molecule has 0 bridgehead atoms. The fourth-order valence-corrected chi connectivity index (χ4v) is 4.82. The molecule has 29 heavy (non-hydrogen) atoms. The molecule has 1 aromatic carbocycles. The van der Waals surface area contributed by atoms with Crippen LogP contribution in [0.2, 0.25) is 0 Å². The van der Waals surface area contributed by atoms with Crippen molar-refractivity contribution in [2.24, 2.45) is 0 Å². The van der Waals surface area contributed by atoms with Crippen LogP contribution in [0.1, 0.15) is 40.6 Å². The van der Waals surface area contributed by atoms with E-state index in [0.29, 0.717) is 13.1 Å². The van der Waals surface area contributed by atoms with Crippen LogP contribution in [-0.4, -0.2) is 46.6 Å². The molecule has 1 atom stereocenters. The molecule has 0 unspecified atom stereocenters. The summed E-state index contributed by atoms with van der Waals surface area (Å²) in [7, 11) is 0. The van der Waals surface area contributed by atoms with Gasteiger partial charge in [-0.3, -0.25) is 4.79 Å². The summed E-state index contributed by atoms with van der Waals surface area (Å²) in [5, 5.41) is 4.35. The Morgan fingerprint density at radius 3 is 2.86 bits per heavy atom. The molecule has 3 heterocycles. The second-order valence-electron chi connectivity index (χ2n) is 7.28. The Morgan fingerprint density at radius 1 is 1.31 bits per heavy atom. The molecule has 1 saturated heterocycles. The van der Waals surface area contributed by atoms with Crippen molar-refractivity contribution >= 4 is 33.3 Å². The van der Waals surface area contributed by atoms with Crippen LogP contribution in [0.15, 0.2) is 36.7 Å². The maximum Gasteiger partial charge on any atom is 0.264 e. The molecule has 3 aromatic rings. The molecule has 7 heteroatoms. The fraction of sp³-hybridized carbons (Fsp3) is 0.409. The van der Waals surface area contributed by atoms with Crippen molar-refractivity contribution in [2.75, 3.05) is 25.0 Å². The van der Waals surface area contributed by atoms with Gasteiger partial charge in [0, 0.05) is 26.2 Å². The third-order valence-electron chi connectivity index (χ3n) is 5.33. The minimum absolute atomic E-state index is 0.0435. The van der Waals surface area contributed by atoms with Gasteiger partial charge in [0.15, 0.2) is 0 Å². The van der Waals surface area contributed by atoms with Crippen LogP contribution in [0, 0.1) is 6.92 Å². The van der Waals surface area contributed by atoms with Crippen LogP contribution in [0.4, 0.5) is 5.82 Å². The van der Waals surface area contributed by atoms with Gasteiger partial charge in [0.2, 0.25) is 0 Å². The van der Waals surface area contributed by atoms with Gasteiger partial charge in [-0.05, 0) is 37.8 Å². The van der Waals surface area contributed by atoms with Gasteiger partial charge in [0.1, 0.15) is 17.0 Å². The van der Waals surface area contributed by atoms with Crippen LogP contribution in [0.3, 0.4) is 0 Å². The number of aryl methyl sites for hydroxylation is 1. The number of nitrogens with zero attached hydrogens (tertiary/aromatic N) is 3. The Bertz CT molecular complexity index is 983. The Balaban J connectivity index is 1.59. The van der Waals surface area contributed by atoms with Gasteiger partial charge in [-0.15, -0.1) is 11.3 Å². The quantitative estimate of drug-likeness (QED) is 0.631. The van der Waals surface area contributed by atoms with Crippen molar-refractivity contribution in [3.8, 4) is 0 Å². The molecule has 4 rings (SSSR count). The lowest BCUT2D eigenvalue weighted by Crippen LogP contribution is -2.30. The average molecular weight is 411 g/mol. The van der Waals surface area contributed by atoms with Gasteiger partial charge in [0.05, 0.1) is 16.4 Å². The topological polar surface area (TPSA) is 67.4 Å². The summed E-state index contributed by atoms with van der Waals surface area (Å²) in [4.78, 5) is 25.6. The first-order chi connectivity index (χ1) is 14.2. The minimum atomic E-state index is 0.0435. The van der Waals surface area contributed by atoms with Crippen molar-refractivity contribution in [1.82, 2.24) is 14.9 Å². The van der Waals surface area contributed by atoms with E-state index in [-0.39, 0.29) is 12.0 Å². The third kappa shape index (κ3) is 4.26. The zero-order valence-electron chi connectivity index (χ0n) is 16.9. The van der Waals surface area contributed by atoms with Crippen LogP contribution in [0.5, 0.6) is 0 Å². The van der Waals surface area contributed by atoms with E-state index in [0.717, 1.165) is 58.0 Å². The number of amides is 1. The van der Waals surface area contributed by atoms with Crippen molar-refractivity contribution in [3.05, 3.63) is 52.7 Å². The van der Waals surface area contributed by atoms with Gasteiger partial charge >= 0.3 is 0 Å². The maximum absolute atomic E-state index is 13.3. The van der Waals surface area contributed by atoms with Gasteiger partial charge in [0.25, 0.3) is 5.91 Å². The molecule has 6 nitrogen and oxygen atoms in total. The number of fused-ring (bicyclic) bond motifs is 1. The zero-order valence-corrected chi connectivity index (χ0v) is 17.7. The maximum atomic E-state index is 13.3. The molecule has 1 aliphatic rings. The molecule has 0 aliphatic carbocycles. The molecule has 1 fully saturated rings. The molecule has 0 saturated carbocycles. The molecule has 1 aliphatic heterocycles. The lowest BCUT2D eigenvalue weighted by Gasteiger charge is -2.20. The van der Waals surface area contributed by atoms with Gasteiger partial charge in [-0.1, -0.05) is 30.3 Å². The fourth-order valence-electron chi connectivity index (χ4n) is 3.70. The van der Waals surface area contributed by atoms with Crippen LogP contribution in [-0.2, 0) is 11.3 Å². The van der Waals surface area contributed by atoms with Crippen molar-refractivity contribution in [3.63, 3.8) is 0 Å². The van der Waals surface area contributed by atoms with E-state index in [1.54, 1.807) is 6.33 Å². The van der Waals surface area contributed by atoms with Crippen molar-refractivity contribution in [1.29, 1.82) is 0 Å². The van der Waals surface area contributed by atoms with E-state index in [1.807, 2.05) is 49.1 Å². The Morgan fingerprint density at radius 2 is 2.14 bits per heavy atom. The number of carbonyl (C=O) groups is 1. The van der Waals surface area contributed by atoms with Crippen LogP contribution < -0.4 is 5.32 Å².